The number of primary amides is 1. The quantitative estimate of drug-likeness (QED) is 0.440. The second-order valence-electron chi connectivity index (χ2n) is 8.23. The zero-order chi connectivity index (χ0) is 22.5. The first-order chi connectivity index (χ1) is 15.3. The molecule has 1 amide bonds. The van der Waals surface area contributed by atoms with Gasteiger partial charge in [-0.3, -0.25) is 4.79 Å². The molecular formula is C22H21ClN6O2S. The van der Waals surface area contributed by atoms with Crippen LogP contribution in [0.2, 0.25) is 5.02 Å². The molecule has 10 heteroatoms. The van der Waals surface area contributed by atoms with Crippen molar-refractivity contribution in [2.75, 3.05) is 0 Å². The second-order valence-corrected chi connectivity index (χ2v) is 9.95. The van der Waals surface area contributed by atoms with E-state index in [4.69, 9.17) is 27.1 Å². The highest BCUT2D eigenvalue weighted by Crippen LogP contribution is 2.41. The van der Waals surface area contributed by atoms with Crippen LogP contribution in [0.15, 0.2) is 30.7 Å². The van der Waals surface area contributed by atoms with Crippen LogP contribution in [0.5, 0.6) is 5.88 Å². The predicted molar refractivity (Wildman–Crippen MR) is 123 cm³/mol. The van der Waals surface area contributed by atoms with E-state index in [1.165, 1.54) is 6.33 Å². The maximum absolute atomic E-state index is 11.3. The van der Waals surface area contributed by atoms with E-state index < -0.39 is 5.91 Å². The molecule has 0 saturated heterocycles. The summed E-state index contributed by atoms with van der Waals surface area (Å²) in [7, 11) is 0. The van der Waals surface area contributed by atoms with Gasteiger partial charge in [-0.15, -0.1) is 11.3 Å². The number of nitrogens with zero attached hydrogens (tertiary/aromatic N) is 5. The number of amides is 1. The molecule has 0 atom stereocenters. The summed E-state index contributed by atoms with van der Waals surface area (Å²) < 4.78 is 8.16. The Morgan fingerprint density at radius 2 is 2.12 bits per heavy atom. The number of ether oxygens (including phenoxy) is 1. The van der Waals surface area contributed by atoms with Gasteiger partial charge in [0.15, 0.2) is 11.2 Å². The Bertz CT molecular complexity index is 1340. The molecule has 164 valence electrons. The molecule has 0 unspecified atom stereocenters. The number of carbonyl (C=O) groups is 1. The normalized spacial score (nSPS) is 14.6. The molecule has 5 rings (SSSR count). The molecule has 1 fully saturated rings. The van der Waals surface area contributed by atoms with Crippen LogP contribution in [-0.2, 0) is 17.8 Å². The third kappa shape index (κ3) is 4.05. The molecule has 0 spiro atoms. The lowest BCUT2D eigenvalue weighted by Crippen LogP contribution is -2.13. The molecule has 8 nitrogen and oxygen atoms in total. The second kappa shape index (κ2) is 7.83. The Morgan fingerprint density at radius 3 is 2.78 bits per heavy atom. The average Bonchev–Trinajstić information content (AvgIpc) is 3.14. The summed E-state index contributed by atoms with van der Waals surface area (Å²) in [6.45, 7) is 4.57. The summed E-state index contributed by atoms with van der Waals surface area (Å²) >= 11 is 8.25. The molecule has 3 aromatic heterocycles. The third-order valence-corrected chi connectivity index (χ3v) is 6.64. The number of aryl methyl sites for hydroxylation is 1. The molecule has 0 radical (unpaired) electrons. The van der Waals surface area contributed by atoms with Crippen LogP contribution >= 0.6 is 22.9 Å². The highest BCUT2D eigenvalue weighted by Gasteiger charge is 2.41. The Hall–Kier alpha value is -3.04. The number of rotatable bonds is 7. The van der Waals surface area contributed by atoms with Crippen LogP contribution in [-0.4, -0.2) is 36.0 Å². The molecular weight excluding hydrogens is 448 g/mol. The van der Waals surface area contributed by atoms with Gasteiger partial charge in [0.25, 0.3) is 0 Å². The van der Waals surface area contributed by atoms with Gasteiger partial charge in [-0.1, -0.05) is 17.7 Å². The van der Waals surface area contributed by atoms with Crippen molar-refractivity contribution in [3.63, 3.8) is 0 Å². The van der Waals surface area contributed by atoms with E-state index in [0.29, 0.717) is 34.4 Å². The van der Waals surface area contributed by atoms with Crippen LogP contribution in [0.1, 0.15) is 35.2 Å². The lowest BCUT2D eigenvalue weighted by Gasteiger charge is -2.11. The maximum atomic E-state index is 11.3. The lowest BCUT2D eigenvalue weighted by atomic mass is 10.1. The molecule has 32 heavy (non-hydrogen) atoms. The first-order valence-electron chi connectivity index (χ1n) is 10.2. The van der Waals surface area contributed by atoms with Crippen LogP contribution in [0.25, 0.3) is 22.6 Å². The van der Waals surface area contributed by atoms with Crippen LogP contribution in [0.4, 0.5) is 0 Å². The zero-order valence-corrected chi connectivity index (χ0v) is 19.2. The van der Waals surface area contributed by atoms with E-state index in [1.807, 2.05) is 29.8 Å². The van der Waals surface area contributed by atoms with Crippen molar-refractivity contribution in [2.45, 2.75) is 45.3 Å². The van der Waals surface area contributed by atoms with Gasteiger partial charge in [-0.25, -0.2) is 15.0 Å². The lowest BCUT2D eigenvalue weighted by molar-refractivity contribution is -0.117. The number of nitrogens with two attached hydrogens (primary N) is 1. The van der Waals surface area contributed by atoms with Gasteiger partial charge in [0.2, 0.25) is 11.8 Å². The summed E-state index contributed by atoms with van der Waals surface area (Å²) in [4.78, 5) is 30.5. The van der Waals surface area contributed by atoms with E-state index >= 15 is 0 Å². The van der Waals surface area contributed by atoms with Crippen LogP contribution < -0.4 is 10.5 Å². The Labute approximate surface area is 193 Å². The molecule has 1 aliphatic rings. The Balaban J connectivity index is 1.65. The molecule has 0 aliphatic heterocycles. The Morgan fingerprint density at radius 1 is 1.31 bits per heavy atom. The van der Waals surface area contributed by atoms with Gasteiger partial charge in [0.1, 0.15) is 17.8 Å². The van der Waals surface area contributed by atoms with Gasteiger partial charge in [-0.05, 0) is 44.4 Å². The Kier molecular flexibility index (Phi) is 5.10. The topological polar surface area (TPSA) is 109 Å². The van der Waals surface area contributed by atoms with E-state index in [0.717, 1.165) is 33.9 Å². The smallest absolute Gasteiger partial charge is 0.245 e. The number of fused-ring (bicyclic) bond motifs is 1. The fourth-order valence-corrected chi connectivity index (χ4v) is 4.61. The van der Waals surface area contributed by atoms with Crippen molar-refractivity contribution >= 4 is 40.0 Å². The molecule has 1 saturated carbocycles. The SMILES string of the molecule is Cc1ncc(Cn2c(-c3ccc(CC(N)=O)cc3Cl)nc3c(OC4(C)CC4)ncnc32)s1. The average molecular weight is 469 g/mol. The minimum Gasteiger partial charge on any atom is -0.470 e. The largest absolute Gasteiger partial charge is 0.470 e. The van der Waals surface area contributed by atoms with Crippen molar-refractivity contribution < 1.29 is 9.53 Å². The minimum absolute atomic E-state index is 0.124. The van der Waals surface area contributed by atoms with Gasteiger partial charge < -0.3 is 15.0 Å². The van der Waals surface area contributed by atoms with E-state index in [-0.39, 0.29) is 12.0 Å². The number of thiazole rings is 1. The van der Waals surface area contributed by atoms with E-state index in [2.05, 4.69) is 21.9 Å². The molecule has 0 bridgehead atoms. The van der Waals surface area contributed by atoms with Crippen molar-refractivity contribution in [1.82, 2.24) is 24.5 Å². The van der Waals surface area contributed by atoms with Crippen molar-refractivity contribution in [1.29, 1.82) is 0 Å². The number of hydrogen-bond acceptors (Lipinski definition) is 7. The minimum atomic E-state index is -0.410. The van der Waals surface area contributed by atoms with Crippen LogP contribution in [0, 0.1) is 6.92 Å². The zero-order valence-electron chi connectivity index (χ0n) is 17.6. The number of aromatic nitrogens is 5. The van der Waals surface area contributed by atoms with E-state index in [9.17, 15) is 4.79 Å². The van der Waals surface area contributed by atoms with Gasteiger partial charge >= 0.3 is 0 Å². The number of halogens is 1. The summed E-state index contributed by atoms with van der Waals surface area (Å²) in [5.41, 5.74) is 7.85. The number of benzene rings is 1. The summed E-state index contributed by atoms with van der Waals surface area (Å²) in [6.07, 6.45) is 5.45. The maximum Gasteiger partial charge on any atom is 0.245 e. The summed E-state index contributed by atoms with van der Waals surface area (Å²) in [6, 6.07) is 5.43. The highest BCUT2D eigenvalue weighted by atomic mass is 35.5. The van der Waals surface area contributed by atoms with E-state index in [1.54, 1.807) is 17.4 Å². The fourth-order valence-electron chi connectivity index (χ4n) is 3.54. The monoisotopic (exact) mass is 468 g/mol. The summed E-state index contributed by atoms with van der Waals surface area (Å²) in [5, 5.41) is 1.46. The first kappa shape index (κ1) is 20.8. The third-order valence-electron chi connectivity index (χ3n) is 5.43. The van der Waals surface area contributed by atoms with Crippen molar-refractivity contribution in [3.8, 4) is 17.3 Å². The van der Waals surface area contributed by atoms with Crippen molar-refractivity contribution in [3.05, 3.63) is 51.2 Å². The van der Waals surface area contributed by atoms with Crippen LogP contribution in [0.3, 0.4) is 0 Å². The summed E-state index contributed by atoms with van der Waals surface area (Å²) in [5.74, 6) is 0.706. The predicted octanol–water partition coefficient (Wildman–Crippen LogP) is 3.92. The highest BCUT2D eigenvalue weighted by molar-refractivity contribution is 7.11. The van der Waals surface area contributed by atoms with Gasteiger partial charge in [0, 0.05) is 16.6 Å². The number of carbonyl (C=O) groups excluding carboxylic acids is 1. The molecule has 3 heterocycles. The van der Waals surface area contributed by atoms with Gasteiger partial charge in [-0.2, -0.15) is 4.98 Å². The standard InChI is InChI=1S/C22H21ClN6O2S/c1-12-25-9-14(32-12)10-29-19(15-4-3-13(7-16(15)23)8-17(24)30)28-18-20(29)26-11-27-21(18)31-22(2)5-6-22/h3-4,7,9,11H,5-6,8,10H2,1-2H3,(H2,24,30). The molecule has 1 aliphatic carbocycles. The van der Waals surface area contributed by atoms with Gasteiger partial charge in [0.05, 0.1) is 23.0 Å². The molecule has 4 aromatic rings. The van der Waals surface area contributed by atoms with Crippen molar-refractivity contribution in [2.24, 2.45) is 5.73 Å². The number of hydrogen-bond donors (Lipinski definition) is 1. The fraction of sp³-hybridized carbons (Fsp3) is 0.318. The molecule has 1 aromatic carbocycles. The number of imidazole rings is 1. The molecule has 2 N–H and O–H groups in total. The first-order valence-corrected chi connectivity index (χ1v) is 11.4.